The SMILES string of the molecule is O=S1(=O)CC(Cl)C(c2ccccc2)C1. The summed E-state index contributed by atoms with van der Waals surface area (Å²) in [6, 6.07) is 9.59. The van der Waals surface area contributed by atoms with Gasteiger partial charge in [0.1, 0.15) is 0 Å². The molecule has 14 heavy (non-hydrogen) atoms. The lowest BCUT2D eigenvalue weighted by molar-refractivity contribution is 0.601. The molecule has 0 amide bonds. The molecule has 2 nitrogen and oxygen atoms in total. The lowest BCUT2D eigenvalue weighted by Gasteiger charge is -2.11. The van der Waals surface area contributed by atoms with Gasteiger partial charge in [-0.1, -0.05) is 30.3 Å². The van der Waals surface area contributed by atoms with Crippen LogP contribution >= 0.6 is 11.6 Å². The maximum absolute atomic E-state index is 11.3. The van der Waals surface area contributed by atoms with E-state index in [0.717, 1.165) is 5.56 Å². The highest BCUT2D eigenvalue weighted by atomic mass is 35.5. The fourth-order valence-corrected chi connectivity index (χ4v) is 4.55. The predicted octanol–water partition coefficient (Wildman–Crippen LogP) is 1.81. The summed E-state index contributed by atoms with van der Waals surface area (Å²) in [5, 5.41) is -0.276. The van der Waals surface area contributed by atoms with Crippen LogP contribution in [0.5, 0.6) is 0 Å². The second kappa shape index (κ2) is 3.55. The molecule has 76 valence electrons. The van der Waals surface area contributed by atoms with Gasteiger partial charge in [0, 0.05) is 5.92 Å². The molecule has 2 unspecified atom stereocenters. The Morgan fingerprint density at radius 3 is 2.29 bits per heavy atom. The van der Waals surface area contributed by atoms with Gasteiger partial charge in [-0.2, -0.15) is 0 Å². The third kappa shape index (κ3) is 1.93. The number of sulfone groups is 1. The lowest BCUT2D eigenvalue weighted by atomic mass is 9.99. The van der Waals surface area contributed by atoms with Gasteiger partial charge in [0.2, 0.25) is 0 Å². The van der Waals surface area contributed by atoms with Crippen molar-refractivity contribution in [2.24, 2.45) is 0 Å². The van der Waals surface area contributed by atoms with Gasteiger partial charge >= 0.3 is 0 Å². The Labute approximate surface area is 88.8 Å². The Morgan fingerprint density at radius 1 is 1.14 bits per heavy atom. The van der Waals surface area contributed by atoms with Crippen LogP contribution in [0.4, 0.5) is 0 Å². The number of rotatable bonds is 1. The van der Waals surface area contributed by atoms with Crippen molar-refractivity contribution >= 4 is 21.4 Å². The van der Waals surface area contributed by atoms with E-state index in [9.17, 15) is 8.42 Å². The second-order valence-corrected chi connectivity index (χ2v) is 6.32. The molecule has 0 bridgehead atoms. The van der Waals surface area contributed by atoms with Gasteiger partial charge in [0.15, 0.2) is 9.84 Å². The van der Waals surface area contributed by atoms with E-state index < -0.39 is 9.84 Å². The van der Waals surface area contributed by atoms with Crippen molar-refractivity contribution in [3.8, 4) is 0 Å². The van der Waals surface area contributed by atoms with Crippen molar-refractivity contribution in [3.63, 3.8) is 0 Å². The summed E-state index contributed by atoms with van der Waals surface area (Å²) < 4.78 is 22.7. The molecule has 0 N–H and O–H groups in total. The molecule has 1 fully saturated rings. The van der Waals surface area contributed by atoms with Crippen molar-refractivity contribution in [2.75, 3.05) is 11.5 Å². The second-order valence-electron chi connectivity index (χ2n) is 3.61. The zero-order chi connectivity index (χ0) is 10.2. The summed E-state index contributed by atoms with van der Waals surface area (Å²) in [6.45, 7) is 0. The quantitative estimate of drug-likeness (QED) is 0.690. The Bertz CT molecular complexity index is 413. The van der Waals surface area contributed by atoms with Gasteiger partial charge in [0.05, 0.1) is 16.9 Å². The smallest absolute Gasteiger partial charge is 0.152 e. The molecule has 0 radical (unpaired) electrons. The fourth-order valence-electron chi connectivity index (χ4n) is 1.81. The van der Waals surface area contributed by atoms with Crippen molar-refractivity contribution in [3.05, 3.63) is 35.9 Å². The minimum absolute atomic E-state index is 0.0390. The minimum Gasteiger partial charge on any atom is -0.229 e. The van der Waals surface area contributed by atoms with Crippen LogP contribution in [0, 0.1) is 0 Å². The molecule has 1 aliphatic heterocycles. The van der Waals surface area contributed by atoms with Crippen LogP contribution < -0.4 is 0 Å². The highest BCUT2D eigenvalue weighted by Crippen LogP contribution is 2.32. The van der Waals surface area contributed by atoms with Gasteiger partial charge in [-0.15, -0.1) is 11.6 Å². The van der Waals surface area contributed by atoms with Crippen LogP contribution in [0.2, 0.25) is 0 Å². The Balaban J connectivity index is 2.30. The summed E-state index contributed by atoms with van der Waals surface area (Å²) in [5.74, 6) is 0.252. The van der Waals surface area contributed by atoms with Crippen LogP contribution in [0.25, 0.3) is 0 Å². The normalized spacial score (nSPS) is 30.4. The lowest BCUT2D eigenvalue weighted by Crippen LogP contribution is -2.09. The monoisotopic (exact) mass is 230 g/mol. The van der Waals surface area contributed by atoms with E-state index in [2.05, 4.69) is 0 Å². The molecular weight excluding hydrogens is 220 g/mol. The molecule has 1 aromatic rings. The van der Waals surface area contributed by atoms with Crippen LogP contribution in [-0.4, -0.2) is 25.3 Å². The van der Waals surface area contributed by atoms with Gasteiger partial charge in [-0.25, -0.2) is 8.42 Å². The molecule has 1 aromatic carbocycles. The molecule has 1 heterocycles. The molecule has 1 aliphatic rings. The average molecular weight is 231 g/mol. The fraction of sp³-hybridized carbons (Fsp3) is 0.400. The first-order valence-corrected chi connectivity index (χ1v) is 6.74. The van der Waals surface area contributed by atoms with E-state index in [4.69, 9.17) is 11.6 Å². The molecule has 0 aliphatic carbocycles. The standard InChI is InChI=1S/C10H11ClO2S/c11-10-7-14(12,13)6-9(10)8-4-2-1-3-5-8/h1-5,9-10H,6-7H2. The van der Waals surface area contributed by atoms with Crippen molar-refractivity contribution in [1.82, 2.24) is 0 Å². The number of benzene rings is 1. The van der Waals surface area contributed by atoms with E-state index >= 15 is 0 Å². The zero-order valence-electron chi connectivity index (χ0n) is 7.56. The van der Waals surface area contributed by atoms with E-state index in [1.807, 2.05) is 30.3 Å². The number of alkyl halides is 1. The summed E-state index contributed by atoms with van der Waals surface area (Å²) in [7, 11) is -2.92. The number of halogens is 1. The highest BCUT2D eigenvalue weighted by molar-refractivity contribution is 7.91. The first-order chi connectivity index (χ1) is 6.58. The summed E-state index contributed by atoms with van der Waals surface area (Å²) in [4.78, 5) is 0. The summed E-state index contributed by atoms with van der Waals surface area (Å²) >= 11 is 6.02. The van der Waals surface area contributed by atoms with E-state index in [0.29, 0.717) is 0 Å². The largest absolute Gasteiger partial charge is 0.229 e. The maximum atomic E-state index is 11.3. The maximum Gasteiger partial charge on any atom is 0.152 e. The van der Waals surface area contributed by atoms with Crippen LogP contribution in [-0.2, 0) is 9.84 Å². The molecule has 0 aromatic heterocycles. The van der Waals surface area contributed by atoms with E-state index in [1.54, 1.807) is 0 Å². The molecule has 1 saturated heterocycles. The van der Waals surface area contributed by atoms with Crippen LogP contribution in [0.3, 0.4) is 0 Å². The van der Waals surface area contributed by atoms with Gasteiger partial charge < -0.3 is 0 Å². The average Bonchev–Trinajstić information content (AvgIpc) is 2.41. The highest BCUT2D eigenvalue weighted by Gasteiger charge is 2.36. The minimum atomic E-state index is -2.92. The van der Waals surface area contributed by atoms with Crippen molar-refractivity contribution < 1.29 is 8.42 Å². The third-order valence-electron chi connectivity index (χ3n) is 2.51. The van der Waals surface area contributed by atoms with Gasteiger partial charge in [0.25, 0.3) is 0 Å². The molecule has 2 atom stereocenters. The van der Waals surface area contributed by atoms with Crippen LogP contribution in [0.15, 0.2) is 30.3 Å². The van der Waals surface area contributed by atoms with Gasteiger partial charge in [-0.3, -0.25) is 0 Å². The molecular formula is C10H11ClO2S. The zero-order valence-corrected chi connectivity index (χ0v) is 9.13. The third-order valence-corrected chi connectivity index (χ3v) is 4.89. The number of hydrogen-bond acceptors (Lipinski definition) is 2. The number of hydrogen-bond donors (Lipinski definition) is 0. The first kappa shape index (κ1) is 9.99. The van der Waals surface area contributed by atoms with Crippen LogP contribution in [0.1, 0.15) is 11.5 Å². The summed E-state index contributed by atoms with van der Waals surface area (Å²) in [5.41, 5.74) is 1.02. The van der Waals surface area contributed by atoms with E-state index in [-0.39, 0.29) is 22.8 Å². The van der Waals surface area contributed by atoms with Gasteiger partial charge in [-0.05, 0) is 5.56 Å². The topological polar surface area (TPSA) is 34.1 Å². The molecule has 0 saturated carbocycles. The molecule has 2 rings (SSSR count). The predicted molar refractivity (Wildman–Crippen MR) is 57.5 cm³/mol. The Morgan fingerprint density at radius 2 is 1.79 bits per heavy atom. The van der Waals surface area contributed by atoms with Crippen molar-refractivity contribution in [2.45, 2.75) is 11.3 Å². The van der Waals surface area contributed by atoms with E-state index in [1.165, 1.54) is 0 Å². The molecule has 4 heteroatoms. The first-order valence-electron chi connectivity index (χ1n) is 4.48. The molecule has 0 spiro atoms. The summed E-state index contributed by atoms with van der Waals surface area (Å²) in [6.07, 6.45) is 0. The van der Waals surface area contributed by atoms with Crippen molar-refractivity contribution in [1.29, 1.82) is 0 Å². The Kier molecular flexibility index (Phi) is 2.54. The Hall–Kier alpha value is -0.540.